The predicted octanol–water partition coefficient (Wildman–Crippen LogP) is 2.45. The largest absolute Gasteiger partial charge is 0.481 e. The average Bonchev–Trinajstić information content (AvgIpc) is 3.00. The van der Waals surface area contributed by atoms with Gasteiger partial charge in [-0.2, -0.15) is 0 Å². The number of pyridine rings is 1. The molecule has 3 heterocycles. The molecule has 2 aliphatic rings. The van der Waals surface area contributed by atoms with Crippen molar-refractivity contribution in [3.05, 3.63) is 30.1 Å². The first-order valence-electron chi connectivity index (χ1n) is 9.07. The lowest BCUT2D eigenvalue weighted by Gasteiger charge is -2.43. The summed E-state index contributed by atoms with van der Waals surface area (Å²) >= 11 is 0. The minimum Gasteiger partial charge on any atom is -0.481 e. The van der Waals surface area contributed by atoms with Crippen molar-refractivity contribution in [2.75, 3.05) is 32.7 Å². The third-order valence-electron chi connectivity index (χ3n) is 5.67. The maximum Gasteiger partial charge on any atom is 0.308 e. The lowest BCUT2D eigenvalue weighted by atomic mass is 9.90. The SMILES string of the molecule is CC(C)(CN1C[C@@H](C(=O)O)[C@H](c2ccncc2)C1)N1CCCCC1. The highest BCUT2D eigenvalue weighted by Gasteiger charge is 2.41. The van der Waals surface area contributed by atoms with Crippen LogP contribution in [-0.2, 0) is 4.79 Å². The fraction of sp³-hybridized carbons (Fsp3) is 0.684. The molecule has 1 N–H and O–H groups in total. The second-order valence-electron chi connectivity index (χ2n) is 7.89. The molecule has 2 atom stereocenters. The van der Waals surface area contributed by atoms with Gasteiger partial charge in [-0.3, -0.25) is 14.7 Å². The second-order valence-corrected chi connectivity index (χ2v) is 7.89. The number of hydrogen-bond acceptors (Lipinski definition) is 4. The lowest BCUT2D eigenvalue weighted by molar-refractivity contribution is -0.141. The van der Waals surface area contributed by atoms with E-state index in [1.807, 2.05) is 12.1 Å². The van der Waals surface area contributed by atoms with E-state index in [2.05, 4.69) is 28.6 Å². The molecule has 2 aliphatic heterocycles. The molecule has 1 aromatic heterocycles. The van der Waals surface area contributed by atoms with Crippen LogP contribution in [0.4, 0.5) is 0 Å². The van der Waals surface area contributed by atoms with Gasteiger partial charge in [-0.25, -0.2) is 0 Å². The van der Waals surface area contributed by atoms with Gasteiger partial charge >= 0.3 is 5.97 Å². The van der Waals surface area contributed by atoms with Gasteiger partial charge in [-0.15, -0.1) is 0 Å². The number of carboxylic acid groups (broad SMARTS) is 1. The Morgan fingerprint density at radius 2 is 1.88 bits per heavy atom. The summed E-state index contributed by atoms with van der Waals surface area (Å²) in [6.07, 6.45) is 7.41. The molecule has 3 rings (SSSR count). The number of piperidine rings is 1. The van der Waals surface area contributed by atoms with E-state index in [0.29, 0.717) is 6.54 Å². The van der Waals surface area contributed by atoms with Gasteiger partial charge in [-0.05, 0) is 57.5 Å². The number of hydrogen-bond donors (Lipinski definition) is 1. The molecule has 0 spiro atoms. The van der Waals surface area contributed by atoms with Gasteiger partial charge in [0.1, 0.15) is 0 Å². The van der Waals surface area contributed by atoms with E-state index in [1.54, 1.807) is 12.4 Å². The summed E-state index contributed by atoms with van der Waals surface area (Å²) in [5.74, 6) is -0.956. The molecule has 5 heteroatoms. The molecule has 0 unspecified atom stereocenters. The number of carboxylic acids is 1. The van der Waals surface area contributed by atoms with E-state index in [0.717, 1.165) is 31.7 Å². The van der Waals surface area contributed by atoms with Crippen molar-refractivity contribution >= 4 is 5.97 Å². The Morgan fingerprint density at radius 3 is 2.50 bits per heavy atom. The lowest BCUT2D eigenvalue weighted by Crippen LogP contribution is -2.53. The Morgan fingerprint density at radius 1 is 1.21 bits per heavy atom. The standard InChI is InChI=1S/C19H29N3O2/c1-19(2,22-10-4-3-5-11-22)14-21-12-16(17(13-21)18(23)24)15-6-8-20-9-7-15/h6-9,16-17H,3-5,10-14H2,1-2H3,(H,23,24)/t16-,17+/m0/s1. The summed E-state index contributed by atoms with van der Waals surface area (Å²) in [5.41, 5.74) is 1.19. The highest BCUT2D eigenvalue weighted by Crippen LogP contribution is 2.34. The normalized spacial score (nSPS) is 26.6. The molecule has 0 bridgehead atoms. The first-order valence-corrected chi connectivity index (χ1v) is 9.07. The highest BCUT2D eigenvalue weighted by molar-refractivity contribution is 5.72. The summed E-state index contributed by atoms with van der Waals surface area (Å²) in [4.78, 5) is 20.7. The Kier molecular flexibility index (Phi) is 5.21. The smallest absolute Gasteiger partial charge is 0.308 e. The van der Waals surface area contributed by atoms with E-state index < -0.39 is 5.97 Å². The monoisotopic (exact) mass is 331 g/mol. The Hall–Kier alpha value is -1.46. The van der Waals surface area contributed by atoms with Crippen LogP contribution in [0.15, 0.2) is 24.5 Å². The first-order chi connectivity index (χ1) is 11.5. The zero-order chi connectivity index (χ0) is 17.2. The second kappa shape index (κ2) is 7.19. The van der Waals surface area contributed by atoms with Crippen LogP contribution in [0, 0.1) is 5.92 Å². The van der Waals surface area contributed by atoms with Gasteiger partial charge in [0.15, 0.2) is 0 Å². The number of aliphatic carboxylic acids is 1. The summed E-state index contributed by atoms with van der Waals surface area (Å²) in [6.45, 7) is 9.31. The molecule has 0 saturated carbocycles. The molecule has 0 amide bonds. The predicted molar refractivity (Wildman–Crippen MR) is 94.0 cm³/mol. The van der Waals surface area contributed by atoms with Crippen molar-refractivity contribution < 1.29 is 9.90 Å². The molecular weight excluding hydrogens is 302 g/mol. The van der Waals surface area contributed by atoms with Gasteiger partial charge in [0, 0.05) is 43.5 Å². The zero-order valence-corrected chi connectivity index (χ0v) is 14.8. The van der Waals surface area contributed by atoms with Crippen LogP contribution in [0.1, 0.15) is 44.6 Å². The average molecular weight is 331 g/mol. The Labute approximate surface area is 144 Å². The zero-order valence-electron chi connectivity index (χ0n) is 14.8. The van der Waals surface area contributed by atoms with Gasteiger partial charge < -0.3 is 10.0 Å². The third-order valence-corrected chi connectivity index (χ3v) is 5.67. The topological polar surface area (TPSA) is 56.7 Å². The number of carbonyl (C=O) groups is 1. The highest BCUT2D eigenvalue weighted by atomic mass is 16.4. The van der Waals surface area contributed by atoms with Crippen LogP contribution in [0.2, 0.25) is 0 Å². The van der Waals surface area contributed by atoms with E-state index in [4.69, 9.17) is 0 Å². The fourth-order valence-electron chi connectivity index (χ4n) is 4.36. The minimum absolute atomic E-state index is 0.0580. The Balaban J connectivity index is 1.70. The molecule has 0 radical (unpaired) electrons. The summed E-state index contributed by atoms with van der Waals surface area (Å²) in [5, 5.41) is 9.66. The maximum absolute atomic E-state index is 11.7. The molecule has 2 saturated heterocycles. The van der Waals surface area contributed by atoms with Gasteiger partial charge in [-0.1, -0.05) is 6.42 Å². The van der Waals surface area contributed by atoms with Crippen LogP contribution in [0.25, 0.3) is 0 Å². The van der Waals surface area contributed by atoms with E-state index in [9.17, 15) is 9.90 Å². The minimum atomic E-state index is -0.685. The molecule has 2 fully saturated rings. The van der Waals surface area contributed by atoms with Crippen LogP contribution < -0.4 is 0 Å². The fourth-order valence-corrected chi connectivity index (χ4v) is 4.36. The number of rotatable bonds is 5. The van der Waals surface area contributed by atoms with Crippen LogP contribution >= 0.6 is 0 Å². The third kappa shape index (κ3) is 3.78. The number of likely N-dealkylation sites (tertiary alicyclic amines) is 2. The van der Waals surface area contributed by atoms with Crippen molar-refractivity contribution in [2.24, 2.45) is 5.92 Å². The molecule has 0 aliphatic carbocycles. The molecule has 132 valence electrons. The van der Waals surface area contributed by atoms with E-state index in [-0.39, 0.29) is 17.4 Å². The Bertz CT molecular complexity index is 555. The van der Waals surface area contributed by atoms with E-state index >= 15 is 0 Å². The molecule has 1 aromatic rings. The van der Waals surface area contributed by atoms with Crippen molar-refractivity contribution in [1.82, 2.24) is 14.8 Å². The number of nitrogens with zero attached hydrogens (tertiary/aromatic N) is 3. The van der Waals surface area contributed by atoms with Crippen LogP contribution in [-0.4, -0.2) is 64.1 Å². The molecule has 5 nitrogen and oxygen atoms in total. The van der Waals surface area contributed by atoms with Crippen molar-refractivity contribution in [2.45, 2.75) is 44.6 Å². The van der Waals surface area contributed by atoms with Crippen molar-refractivity contribution in [3.63, 3.8) is 0 Å². The number of aromatic nitrogens is 1. The summed E-state index contributed by atoms with van der Waals surface area (Å²) < 4.78 is 0. The van der Waals surface area contributed by atoms with Crippen molar-refractivity contribution in [1.29, 1.82) is 0 Å². The van der Waals surface area contributed by atoms with E-state index in [1.165, 1.54) is 19.3 Å². The summed E-state index contributed by atoms with van der Waals surface area (Å²) in [7, 11) is 0. The molecule has 24 heavy (non-hydrogen) atoms. The van der Waals surface area contributed by atoms with Gasteiger partial charge in [0.05, 0.1) is 5.92 Å². The quantitative estimate of drug-likeness (QED) is 0.898. The van der Waals surface area contributed by atoms with Crippen LogP contribution in [0.3, 0.4) is 0 Å². The molecule has 0 aromatic carbocycles. The van der Waals surface area contributed by atoms with Crippen LogP contribution in [0.5, 0.6) is 0 Å². The van der Waals surface area contributed by atoms with Crippen molar-refractivity contribution in [3.8, 4) is 0 Å². The van der Waals surface area contributed by atoms with Gasteiger partial charge in [0.2, 0.25) is 0 Å². The maximum atomic E-state index is 11.7. The van der Waals surface area contributed by atoms with Gasteiger partial charge in [0.25, 0.3) is 0 Å². The molecular formula is C19H29N3O2. The first kappa shape index (κ1) is 17.4. The summed E-state index contributed by atoms with van der Waals surface area (Å²) in [6, 6.07) is 3.92.